The molecule has 0 unspecified atom stereocenters. The zero-order valence-corrected chi connectivity index (χ0v) is 12.3. The lowest BCUT2D eigenvalue weighted by Crippen LogP contribution is -2.10. The first kappa shape index (κ1) is 14.7. The Kier molecular flexibility index (Phi) is 4.02. The maximum absolute atomic E-state index is 12.7. The van der Waals surface area contributed by atoms with E-state index in [1.807, 2.05) is 6.07 Å². The van der Waals surface area contributed by atoms with E-state index in [9.17, 15) is 14.7 Å². The first-order valence-electron chi connectivity index (χ1n) is 7.19. The number of phenolic OH excluding ortho intramolecular Hbond substituents is 1. The van der Waals surface area contributed by atoms with Crippen LogP contribution in [-0.2, 0) is 0 Å². The average molecular weight is 302 g/mol. The molecule has 0 aliphatic heterocycles. The Morgan fingerprint density at radius 2 is 1.00 bits per heavy atom. The molecule has 3 aromatic carbocycles. The molecule has 0 fully saturated rings. The first-order valence-corrected chi connectivity index (χ1v) is 7.19. The van der Waals surface area contributed by atoms with Crippen molar-refractivity contribution in [2.24, 2.45) is 0 Å². The summed E-state index contributed by atoms with van der Waals surface area (Å²) in [5.41, 5.74) is 1.69. The predicted molar refractivity (Wildman–Crippen MR) is 87.9 cm³/mol. The van der Waals surface area contributed by atoms with Crippen molar-refractivity contribution in [3.8, 4) is 5.75 Å². The molecule has 0 aliphatic carbocycles. The molecule has 3 aromatic rings. The normalized spacial score (nSPS) is 10.3. The molecule has 3 nitrogen and oxygen atoms in total. The third kappa shape index (κ3) is 3.04. The minimum absolute atomic E-state index is 0.0928. The van der Waals surface area contributed by atoms with Crippen LogP contribution < -0.4 is 0 Å². The van der Waals surface area contributed by atoms with Gasteiger partial charge in [-0.25, -0.2) is 0 Å². The fourth-order valence-electron chi connectivity index (χ4n) is 2.39. The Bertz CT molecular complexity index is 850. The third-order valence-electron chi connectivity index (χ3n) is 3.58. The maximum Gasteiger partial charge on any atom is 0.193 e. The van der Waals surface area contributed by atoms with Crippen molar-refractivity contribution in [3.05, 3.63) is 101 Å². The van der Waals surface area contributed by atoms with Crippen molar-refractivity contribution in [1.29, 1.82) is 0 Å². The first-order chi connectivity index (χ1) is 11.2. The highest BCUT2D eigenvalue weighted by atomic mass is 16.3. The van der Waals surface area contributed by atoms with Gasteiger partial charge in [0.15, 0.2) is 11.6 Å². The van der Waals surface area contributed by atoms with Crippen molar-refractivity contribution in [1.82, 2.24) is 0 Å². The largest absolute Gasteiger partial charge is 0.508 e. The minimum Gasteiger partial charge on any atom is -0.508 e. The molecule has 3 rings (SSSR count). The minimum atomic E-state index is -0.245. The number of rotatable bonds is 4. The second kappa shape index (κ2) is 6.28. The molecule has 23 heavy (non-hydrogen) atoms. The van der Waals surface area contributed by atoms with Crippen molar-refractivity contribution >= 4 is 11.6 Å². The number of ketones is 2. The molecule has 0 atom stereocenters. The fourth-order valence-corrected chi connectivity index (χ4v) is 2.39. The topological polar surface area (TPSA) is 54.4 Å². The summed E-state index contributed by atoms with van der Waals surface area (Å²) in [6.07, 6.45) is 0. The molecule has 112 valence electrons. The number of hydrogen-bond acceptors (Lipinski definition) is 3. The second-order valence-electron chi connectivity index (χ2n) is 5.12. The lowest BCUT2D eigenvalue weighted by molar-refractivity contribution is 0.100. The number of hydrogen-bond donors (Lipinski definition) is 1. The van der Waals surface area contributed by atoms with Crippen LogP contribution in [0.3, 0.4) is 0 Å². The summed E-state index contributed by atoms with van der Waals surface area (Å²) in [7, 11) is 0. The van der Waals surface area contributed by atoms with Gasteiger partial charge in [0.25, 0.3) is 0 Å². The van der Waals surface area contributed by atoms with Gasteiger partial charge < -0.3 is 5.11 Å². The highest BCUT2D eigenvalue weighted by Gasteiger charge is 2.18. The number of carbonyl (C=O) groups excluding carboxylic acids is 2. The van der Waals surface area contributed by atoms with Crippen molar-refractivity contribution in [2.45, 2.75) is 0 Å². The van der Waals surface area contributed by atoms with Crippen molar-refractivity contribution in [3.63, 3.8) is 0 Å². The molecule has 0 radical (unpaired) electrons. The van der Waals surface area contributed by atoms with E-state index < -0.39 is 0 Å². The van der Waals surface area contributed by atoms with Crippen LogP contribution in [0.5, 0.6) is 5.75 Å². The maximum atomic E-state index is 12.7. The van der Waals surface area contributed by atoms with Gasteiger partial charge in [0.1, 0.15) is 5.75 Å². The molecule has 0 aromatic heterocycles. The Labute approximate surface area is 133 Å². The Morgan fingerprint density at radius 1 is 0.565 bits per heavy atom. The molecule has 0 spiro atoms. The highest BCUT2D eigenvalue weighted by Crippen LogP contribution is 2.19. The Morgan fingerprint density at radius 3 is 1.52 bits per heavy atom. The zero-order chi connectivity index (χ0) is 16.2. The van der Waals surface area contributed by atoms with E-state index in [1.165, 1.54) is 12.1 Å². The van der Waals surface area contributed by atoms with Crippen LogP contribution in [0.4, 0.5) is 0 Å². The highest BCUT2D eigenvalue weighted by molar-refractivity contribution is 6.19. The molecule has 0 heterocycles. The average Bonchev–Trinajstić information content (AvgIpc) is 2.62. The number of phenols is 1. The summed E-state index contributed by atoms with van der Waals surface area (Å²) in [5, 5.41) is 9.34. The van der Waals surface area contributed by atoms with Crippen molar-refractivity contribution in [2.75, 3.05) is 0 Å². The van der Waals surface area contributed by atoms with E-state index in [1.54, 1.807) is 60.7 Å². The van der Waals surface area contributed by atoms with Gasteiger partial charge in [-0.1, -0.05) is 54.6 Å². The van der Waals surface area contributed by atoms with E-state index in [0.717, 1.165) is 0 Å². The molecule has 1 N–H and O–H groups in total. The van der Waals surface area contributed by atoms with Crippen LogP contribution in [0, 0.1) is 0 Å². The molecular formula is C20H14O3. The summed E-state index contributed by atoms with van der Waals surface area (Å²) >= 11 is 0. The van der Waals surface area contributed by atoms with E-state index in [-0.39, 0.29) is 17.3 Å². The monoisotopic (exact) mass is 302 g/mol. The SMILES string of the molecule is O=C(c1ccccc1)c1ccccc1C(=O)c1ccc(O)cc1. The van der Waals surface area contributed by atoms with Gasteiger partial charge in [-0.05, 0) is 24.3 Å². The molecule has 3 heteroatoms. The summed E-state index contributed by atoms with van der Waals surface area (Å²) in [5.74, 6) is -0.339. The lowest BCUT2D eigenvalue weighted by atomic mass is 9.93. The van der Waals surface area contributed by atoms with Gasteiger partial charge in [-0.3, -0.25) is 9.59 Å². The van der Waals surface area contributed by atoms with Gasteiger partial charge in [-0.2, -0.15) is 0 Å². The van der Waals surface area contributed by atoms with Crippen LogP contribution in [0.1, 0.15) is 31.8 Å². The molecule has 0 saturated heterocycles. The van der Waals surface area contributed by atoms with Crippen LogP contribution in [-0.4, -0.2) is 16.7 Å². The number of aromatic hydroxyl groups is 1. The van der Waals surface area contributed by atoms with Gasteiger partial charge in [0.05, 0.1) is 0 Å². The Hall–Kier alpha value is -3.20. The van der Waals surface area contributed by atoms with Crippen LogP contribution in [0.2, 0.25) is 0 Å². The second-order valence-corrected chi connectivity index (χ2v) is 5.12. The van der Waals surface area contributed by atoms with Crippen LogP contribution in [0.25, 0.3) is 0 Å². The molecule has 0 aliphatic rings. The third-order valence-corrected chi connectivity index (χ3v) is 3.58. The summed E-state index contributed by atoms with van der Waals surface area (Å²) in [6.45, 7) is 0. The zero-order valence-electron chi connectivity index (χ0n) is 12.3. The van der Waals surface area contributed by atoms with Gasteiger partial charge in [0.2, 0.25) is 0 Å². The van der Waals surface area contributed by atoms with Gasteiger partial charge in [0, 0.05) is 22.3 Å². The number of carbonyl (C=O) groups is 2. The lowest BCUT2D eigenvalue weighted by Gasteiger charge is -2.08. The van der Waals surface area contributed by atoms with Crippen LogP contribution in [0.15, 0.2) is 78.9 Å². The Balaban J connectivity index is 2.03. The fraction of sp³-hybridized carbons (Fsp3) is 0. The smallest absolute Gasteiger partial charge is 0.193 e. The van der Waals surface area contributed by atoms with Crippen LogP contribution >= 0.6 is 0 Å². The molecular weight excluding hydrogens is 288 g/mol. The van der Waals surface area contributed by atoms with E-state index in [4.69, 9.17) is 0 Å². The molecule has 0 bridgehead atoms. The summed E-state index contributed by atoms with van der Waals surface area (Å²) in [4.78, 5) is 25.3. The van der Waals surface area contributed by atoms with E-state index in [2.05, 4.69) is 0 Å². The molecule has 0 saturated carbocycles. The quantitative estimate of drug-likeness (QED) is 0.745. The van der Waals surface area contributed by atoms with Gasteiger partial charge in [-0.15, -0.1) is 0 Å². The van der Waals surface area contributed by atoms with E-state index in [0.29, 0.717) is 22.3 Å². The summed E-state index contributed by atoms with van der Waals surface area (Å²) in [6, 6.07) is 21.6. The summed E-state index contributed by atoms with van der Waals surface area (Å²) < 4.78 is 0. The standard InChI is InChI=1S/C20H14O3/c21-16-12-10-15(11-13-16)20(23)18-9-5-4-8-17(18)19(22)14-6-2-1-3-7-14/h1-13,21H. The van der Waals surface area contributed by atoms with E-state index >= 15 is 0 Å². The van der Waals surface area contributed by atoms with Crippen molar-refractivity contribution < 1.29 is 14.7 Å². The number of benzene rings is 3. The van der Waals surface area contributed by atoms with Gasteiger partial charge >= 0.3 is 0 Å². The predicted octanol–water partition coefficient (Wildman–Crippen LogP) is 3.85. The molecule has 0 amide bonds.